The van der Waals surface area contributed by atoms with Crippen LogP contribution in [0.5, 0.6) is 0 Å². The van der Waals surface area contributed by atoms with Gasteiger partial charge in [-0.05, 0) is 65.2 Å². The largest absolute Gasteiger partial charge is 0.356 e. The van der Waals surface area contributed by atoms with Gasteiger partial charge >= 0.3 is 0 Å². The number of anilines is 4. The van der Waals surface area contributed by atoms with Gasteiger partial charge in [0.1, 0.15) is 0 Å². The molecule has 28 heavy (non-hydrogen) atoms. The molecule has 4 rings (SSSR count). The Morgan fingerprint density at radius 3 is 1.11 bits per heavy atom. The van der Waals surface area contributed by atoms with Crippen LogP contribution in [0.2, 0.25) is 0 Å². The van der Waals surface area contributed by atoms with E-state index in [2.05, 4.69) is 90.0 Å². The summed E-state index contributed by atoms with van der Waals surface area (Å²) < 4.78 is 0. The fourth-order valence-electron chi connectivity index (χ4n) is 3.05. The quantitative estimate of drug-likeness (QED) is 0.378. The Morgan fingerprint density at radius 1 is 0.429 bits per heavy atom. The summed E-state index contributed by atoms with van der Waals surface area (Å²) in [5.41, 5.74) is 7.52. The van der Waals surface area contributed by atoms with E-state index in [0.717, 1.165) is 39.4 Å². The maximum atomic E-state index is 4.28. The van der Waals surface area contributed by atoms with Gasteiger partial charge in [-0.1, -0.05) is 67.2 Å². The van der Waals surface area contributed by atoms with E-state index in [0.29, 0.717) is 0 Å². The van der Waals surface area contributed by atoms with Crippen molar-refractivity contribution >= 4 is 28.3 Å². The molecule has 4 aromatic rings. The topological polar surface area (TPSA) is 24.1 Å². The highest BCUT2D eigenvalue weighted by Gasteiger charge is 2.04. The summed E-state index contributed by atoms with van der Waals surface area (Å²) in [6.45, 7) is 4.28. The third-order valence-corrected chi connectivity index (χ3v) is 4.59. The molecule has 0 aliphatic carbocycles. The van der Waals surface area contributed by atoms with Crippen LogP contribution in [0.15, 0.2) is 116 Å². The minimum absolute atomic E-state index is 1.01. The van der Waals surface area contributed by atoms with Gasteiger partial charge in [0.15, 0.2) is 0 Å². The first-order chi connectivity index (χ1) is 13.8. The molecule has 2 nitrogen and oxygen atoms in total. The molecule has 0 bridgehead atoms. The van der Waals surface area contributed by atoms with Crippen molar-refractivity contribution in [2.24, 2.45) is 0 Å². The molecule has 0 heterocycles. The second-order valence-corrected chi connectivity index (χ2v) is 6.62. The van der Waals surface area contributed by atoms with E-state index < -0.39 is 0 Å². The van der Waals surface area contributed by atoms with Gasteiger partial charge in [0, 0.05) is 22.7 Å². The minimum Gasteiger partial charge on any atom is -0.356 e. The Kier molecular flexibility index (Phi) is 5.21. The highest BCUT2D eigenvalue weighted by molar-refractivity contribution is 5.80. The van der Waals surface area contributed by atoms with Gasteiger partial charge in [-0.3, -0.25) is 0 Å². The fraction of sp³-hybridized carbons (Fsp3) is 0. The van der Waals surface area contributed by atoms with Crippen LogP contribution >= 0.6 is 0 Å². The molecule has 0 atom stereocenters. The average molecular weight is 362 g/mol. The van der Waals surface area contributed by atoms with Crippen LogP contribution in [-0.4, -0.2) is 0 Å². The Bertz CT molecular complexity index is 948. The molecule has 136 valence electrons. The maximum absolute atomic E-state index is 4.28. The van der Waals surface area contributed by atoms with Crippen LogP contribution in [-0.2, 0) is 0 Å². The molecule has 0 unspecified atom stereocenters. The van der Waals surface area contributed by atoms with Gasteiger partial charge in [0.2, 0.25) is 0 Å². The molecule has 0 aliphatic rings. The second kappa shape index (κ2) is 8.28. The fourth-order valence-corrected chi connectivity index (χ4v) is 3.05. The monoisotopic (exact) mass is 362 g/mol. The molecule has 0 amide bonds. The molecule has 0 aliphatic heterocycles. The van der Waals surface area contributed by atoms with E-state index in [1.54, 1.807) is 0 Å². The Balaban J connectivity index is 1.44. The number of hydrogen-bond acceptors (Lipinski definition) is 2. The average Bonchev–Trinajstić information content (AvgIpc) is 2.76. The summed E-state index contributed by atoms with van der Waals surface area (Å²) >= 11 is 0. The summed E-state index contributed by atoms with van der Waals surface area (Å²) in [5, 5.41) is 6.81. The first-order valence-electron chi connectivity index (χ1n) is 9.32. The molecule has 2 N–H and O–H groups in total. The molecule has 0 fully saturated rings. The van der Waals surface area contributed by atoms with Crippen molar-refractivity contribution in [3.05, 3.63) is 127 Å². The summed E-state index contributed by atoms with van der Waals surface area (Å²) in [6.07, 6.45) is 0. The molecular weight excluding hydrogens is 340 g/mol. The molecule has 0 spiro atoms. The lowest BCUT2D eigenvalue weighted by Gasteiger charge is -2.11. The molecule has 4 aromatic carbocycles. The third-order valence-electron chi connectivity index (χ3n) is 4.59. The predicted molar refractivity (Wildman–Crippen MR) is 120 cm³/mol. The van der Waals surface area contributed by atoms with Crippen molar-refractivity contribution < 1.29 is 0 Å². The van der Waals surface area contributed by atoms with Crippen LogP contribution < -0.4 is 10.6 Å². The molecule has 2 heteroatoms. The van der Waals surface area contributed by atoms with Gasteiger partial charge in [0.25, 0.3) is 0 Å². The van der Waals surface area contributed by atoms with Crippen LogP contribution in [0.1, 0.15) is 11.1 Å². The van der Waals surface area contributed by atoms with E-state index in [-0.39, 0.29) is 0 Å². The summed E-state index contributed by atoms with van der Waals surface area (Å²) in [7, 11) is 0. The number of para-hydroxylation sites is 2. The van der Waals surface area contributed by atoms with Gasteiger partial charge < -0.3 is 10.6 Å². The van der Waals surface area contributed by atoms with E-state index in [1.807, 2.05) is 36.4 Å². The molecule has 0 radical (unpaired) electrons. The normalized spacial score (nSPS) is 10.3. The zero-order chi connectivity index (χ0) is 19.2. The smallest absolute Gasteiger partial charge is 0.0384 e. The zero-order valence-electron chi connectivity index (χ0n) is 15.6. The Hall–Kier alpha value is -3.78. The van der Waals surface area contributed by atoms with Crippen LogP contribution in [0.4, 0.5) is 22.7 Å². The molecule has 0 saturated carbocycles. The van der Waals surface area contributed by atoms with Gasteiger partial charge in [-0.15, -0.1) is 0 Å². The number of rotatable bonds is 6. The molecule has 0 saturated heterocycles. The molecular formula is C26H22N2. The van der Waals surface area contributed by atoms with Crippen LogP contribution in [0.3, 0.4) is 0 Å². The lowest BCUT2D eigenvalue weighted by molar-refractivity contribution is 1.50. The Morgan fingerprint density at radius 2 is 0.750 bits per heavy atom. The van der Waals surface area contributed by atoms with Gasteiger partial charge in [-0.25, -0.2) is 0 Å². The first-order valence-corrected chi connectivity index (χ1v) is 9.32. The maximum Gasteiger partial charge on any atom is 0.0384 e. The van der Waals surface area contributed by atoms with Crippen molar-refractivity contribution in [2.45, 2.75) is 0 Å². The van der Waals surface area contributed by atoms with E-state index in [4.69, 9.17) is 0 Å². The van der Waals surface area contributed by atoms with Crippen molar-refractivity contribution in [3.8, 4) is 0 Å². The lowest BCUT2D eigenvalue weighted by Crippen LogP contribution is -1.92. The standard InChI is InChI=1S/C26H22N2/c1-20(21-12-16-25(17-13-21)27-23-8-4-2-5-9-23)22-14-18-26(19-15-22)28-24-10-6-3-7-11-24/h2-19,27-28H,1H2. The number of nitrogens with one attached hydrogen (secondary N) is 2. The van der Waals surface area contributed by atoms with E-state index in [9.17, 15) is 0 Å². The van der Waals surface area contributed by atoms with Crippen LogP contribution in [0.25, 0.3) is 5.57 Å². The zero-order valence-corrected chi connectivity index (χ0v) is 15.6. The Labute approximate surface area is 166 Å². The minimum atomic E-state index is 1.01. The van der Waals surface area contributed by atoms with Gasteiger partial charge in [0.05, 0.1) is 0 Å². The SMILES string of the molecule is C=C(c1ccc(Nc2ccccc2)cc1)c1ccc(Nc2ccccc2)cc1. The van der Waals surface area contributed by atoms with E-state index >= 15 is 0 Å². The number of hydrogen-bond donors (Lipinski definition) is 2. The van der Waals surface area contributed by atoms with Crippen LogP contribution in [0, 0.1) is 0 Å². The van der Waals surface area contributed by atoms with Crippen molar-refractivity contribution in [1.29, 1.82) is 0 Å². The van der Waals surface area contributed by atoms with Gasteiger partial charge in [-0.2, -0.15) is 0 Å². The third kappa shape index (κ3) is 4.30. The molecule has 0 aromatic heterocycles. The van der Waals surface area contributed by atoms with E-state index in [1.165, 1.54) is 0 Å². The highest BCUT2D eigenvalue weighted by atomic mass is 14.9. The lowest BCUT2D eigenvalue weighted by atomic mass is 9.99. The second-order valence-electron chi connectivity index (χ2n) is 6.62. The summed E-state index contributed by atoms with van der Waals surface area (Å²) in [6, 6.07) is 37.1. The first kappa shape index (κ1) is 17.6. The summed E-state index contributed by atoms with van der Waals surface area (Å²) in [4.78, 5) is 0. The van der Waals surface area contributed by atoms with Crippen molar-refractivity contribution in [1.82, 2.24) is 0 Å². The van der Waals surface area contributed by atoms with Crippen molar-refractivity contribution in [2.75, 3.05) is 10.6 Å². The number of benzene rings is 4. The highest BCUT2D eigenvalue weighted by Crippen LogP contribution is 2.26. The predicted octanol–water partition coefficient (Wildman–Crippen LogP) is 7.24. The summed E-state index contributed by atoms with van der Waals surface area (Å²) in [5.74, 6) is 0. The van der Waals surface area contributed by atoms with Crippen molar-refractivity contribution in [3.63, 3.8) is 0 Å².